The summed E-state index contributed by atoms with van der Waals surface area (Å²) in [6, 6.07) is 9.94. The number of piperidine rings is 1. The Balaban J connectivity index is 1.28. The van der Waals surface area contributed by atoms with Gasteiger partial charge in [0.1, 0.15) is 0 Å². The Morgan fingerprint density at radius 3 is 2.50 bits per heavy atom. The van der Waals surface area contributed by atoms with Gasteiger partial charge < -0.3 is 10.2 Å². The molecule has 142 valence electrons. The molecule has 1 aromatic carbocycles. The van der Waals surface area contributed by atoms with Crippen LogP contribution in [0.25, 0.3) is 0 Å². The molecule has 26 heavy (non-hydrogen) atoms. The molecule has 4 nitrogen and oxygen atoms in total. The average Bonchev–Trinajstić information content (AvgIpc) is 2.70. The Kier molecular flexibility index (Phi) is 7.10. The molecule has 0 radical (unpaired) electrons. The fourth-order valence-corrected chi connectivity index (χ4v) is 4.43. The van der Waals surface area contributed by atoms with E-state index in [0.717, 1.165) is 43.3 Å². The van der Waals surface area contributed by atoms with Gasteiger partial charge in [0.15, 0.2) is 0 Å². The molecule has 2 amide bonds. The highest BCUT2D eigenvalue weighted by Gasteiger charge is 2.32. The number of fused-ring (bicyclic) bond motifs is 1. The monoisotopic (exact) mass is 356 g/mol. The maximum Gasteiger partial charge on any atom is 0.222 e. The van der Waals surface area contributed by atoms with Crippen LogP contribution in [0.3, 0.4) is 0 Å². The fourth-order valence-electron chi connectivity index (χ4n) is 4.43. The van der Waals surface area contributed by atoms with Gasteiger partial charge in [-0.3, -0.25) is 9.59 Å². The van der Waals surface area contributed by atoms with Crippen LogP contribution in [-0.2, 0) is 16.1 Å². The molecule has 0 aromatic heterocycles. The summed E-state index contributed by atoms with van der Waals surface area (Å²) in [5.41, 5.74) is 1.11. The minimum atomic E-state index is 0.0734. The van der Waals surface area contributed by atoms with E-state index < -0.39 is 0 Å². The first-order valence-corrected chi connectivity index (χ1v) is 10.3. The van der Waals surface area contributed by atoms with Crippen LogP contribution in [0.1, 0.15) is 63.4 Å². The van der Waals surface area contributed by atoms with Crippen molar-refractivity contribution in [2.75, 3.05) is 13.1 Å². The number of nitrogens with one attached hydrogen (secondary N) is 1. The van der Waals surface area contributed by atoms with Gasteiger partial charge in [0.25, 0.3) is 0 Å². The number of carbonyl (C=O) groups is 2. The van der Waals surface area contributed by atoms with E-state index in [1.54, 1.807) is 0 Å². The van der Waals surface area contributed by atoms with Crippen LogP contribution in [0.2, 0.25) is 0 Å². The third-order valence-corrected chi connectivity index (χ3v) is 6.02. The van der Waals surface area contributed by atoms with Crippen LogP contribution in [0.5, 0.6) is 0 Å². The Labute approximate surface area is 157 Å². The van der Waals surface area contributed by atoms with E-state index in [0.29, 0.717) is 25.3 Å². The number of hydrogen-bond acceptors (Lipinski definition) is 2. The maximum absolute atomic E-state index is 12.5. The molecule has 3 rings (SSSR count). The zero-order valence-corrected chi connectivity index (χ0v) is 15.8. The Morgan fingerprint density at radius 1 is 0.962 bits per heavy atom. The molecule has 1 saturated heterocycles. The van der Waals surface area contributed by atoms with Crippen molar-refractivity contribution in [1.82, 2.24) is 10.2 Å². The Morgan fingerprint density at radius 2 is 1.69 bits per heavy atom. The van der Waals surface area contributed by atoms with Crippen LogP contribution in [0.4, 0.5) is 0 Å². The first-order valence-electron chi connectivity index (χ1n) is 10.3. The second-order valence-corrected chi connectivity index (χ2v) is 7.90. The first-order chi connectivity index (χ1) is 12.7. The molecule has 1 aliphatic carbocycles. The summed E-state index contributed by atoms with van der Waals surface area (Å²) < 4.78 is 0. The topological polar surface area (TPSA) is 49.4 Å². The second kappa shape index (κ2) is 9.75. The van der Waals surface area contributed by atoms with Gasteiger partial charge in [-0.25, -0.2) is 0 Å². The van der Waals surface area contributed by atoms with Crippen molar-refractivity contribution < 1.29 is 9.59 Å². The van der Waals surface area contributed by atoms with Gasteiger partial charge in [0.05, 0.1) is 0 Å². The van der Waals surface area contributed by atoms with Crippen LogP contribution in [0, 0.1) is 11.8 Å². The lowest BCUT2D eigenvalue weighted by atomic mass is 9.75. The van der Waals surface area contributed by atoms with E-state index in [9.17, 15) is 9.59 Å². The molecule has 2 unspecified atom stereocenters. The normalized spacial score (nSPS) is 22.5. The number of unbranched alkanes of at least 4 members (excludes halogenated alkanes) is 1. The molecular formula is C22H32N2O2. The van der Waals surface area contributed by atoms with E-state index in [1.165, 1.54) is 32.1 Å². The molecule has 2 aliphatic rings. The maximum atomic E-state index is 12.5. The lowest BCUT2D eigenvalue weighted by molar-refractivity contribution is -0.134. The van der Waals surface area contributed by atoms with Gasteiger partial charge in [0.2, 0.25) is 11.8 Å². The molecule has 4 heteroatoms. The largest absolute Gasteiger partial charge is 0.352 e. The zero-order valence-electron chi connectivity index (χ0n) is 15.8. The van der Waals surface area contributed by atoms with Gasteiger partial charge in [-0.2, -0.15) is 0 Å². The third kappa shape index (κ3) is 5.58. The smallest absolute Gasteiger partial charge is 0.222 e. The minimum Gasteiger partial charge on any atom is -0.352 e. The summed E-state index contributed by atoms with van der Waals surface area (Å²) in [6.07, 6.45) is 9.25. The number of carbonyl (C=O) groups excluding carboxylic acids is 2. The van der Waals surface area contributed by atoms with Gasteiger partial charge in [-0.15, -0.1) is 0 Å². The molecule has 2 atom stereocenters. The van der Waals surface area contributed by atoms with Crippen molar-refractivity contribution in [3.05, 3.63) is 35.9 Å². The quantitative estimate of drug-likeness (QED) is 0.753. The van der Waals surface area contributed by atoms with Crippen LogP contribution in [-0.4, -0.2) is 29.8 Å². The first kappa shape index (κ1) is 18.9. The van der Waals surface area contributed by atoms with Crippen molar-refractivity contribution in [3.63, 3.8) is 0 Å². The SMILES string of the molecule is O=C(CCCCC(=O)N1CCC2CCCCC2C1)NCc1ccccc1. The number of amides is 2. The van der Waals surface area contributed by atoms with Gasteiger partial charge >= 0.3 is 0 Å². The van der Waals surface area contributed by atoms with Crippen LogP contribution < -0.4 is 5.32 Å². The molecule has 2 fully saturated rings. The highest BCUT2D eigenvalue weighted by atomic mass is 16.2. The lowest BCUT2D eigenvalue weighted by Crippen LogP contribution is -2.44. The highest BCUT2D eigenvalue weighted by Crippen LogP contribution is 2.36. The number of rotatable bonds is 7. The predicted molar refractivity (Wildman–Crippen MR) is 103 cm³/mol. The molecular weight excluding hydrogens is 324 g/mol. The van der Waals surface area contributed by atoms with Gasteiger partial charge in [0, 0.05) is 32.5 Å². The minimum absolute atomic E-state index is 0.0734. The van der Waals surface area contributed by atoms with Crippen molar-refractivity contribution in [1.29, 1.82) is 0 Å². The molecule has 1 aliphatic heterocycles. The van der Waals surface area contributed by atoms with Crippen molar-refractivity contribution >= 4 is 11.8 Å². The lowest BCUT2D eigenvalue weighted by Gasteiger charge is -2.41. The Hall–Kier alpha value is -1.84. The number of likely N-dealkylation sites (tertiary alicyclic amines) is 1. The van der Waals surface area contributed by atoms with E-state index in [4.69, 9.17) is 0 Å². The van der Waals surface area contributed by atoms with Crippen LogP contribution in [0.15, 0.2) is 30.3 Å². The number of benzene rings is 1. The zero-order chi connectivity index (χ0) is 18.2. The fraction of sp³-hybridized carbons (Fsp3) is 0.636. The summed E-state index contributed by atoms with van der Waals surface area (Å²) in [4.78, 5) is 26.5. The third-order valence-electron chi connectivity index (χ3n) is 6.02. The standard InChI is InChI=1S/C22H32N2O2/c25-21(23-16-18-8-2-1-3-9-18)12-6-7-13-22(26)24-15-14-19-10-4-5-11-20(19)17-24/h1-3,8-9,19-20H,4-7,10-17H2,(H,23,25). The summed E-state index contributed by atoms with van der Waals surface area (Å²) in [5, 5.41) is 2.95. The molecule has 0 spiro atoms. The van der Waals surface area contributed by atoms with E-state index in [2.05, 4.69) is 10.2 Å². The average molecular weight is 357 g/mol. The summed E-state index contributed by atoms with van der Waals surface area (Å²) in [7, 11) is 0. The Bertz CT molecular complexity index is 587. The molecule has 1 saturated carbocycles. The van der Waals surface area contributed by atoms with Crippen molar-refractivity contribution in [3.8, 4) is 0 Å². The van der Waals surface area contributed by atoms with E-state index in [1.807, 2.05) is 30.3 Å². The van der Waals surface area contributed by atoms with Gasteiger partial charge in [-0.05, 0) is 43.1 Å². The van der Waals surface area contributed by atoms with Crippen LogP contribution >= 0.6 is 0 Å². The molecule has 1 heterocycles. The highest BCUT2D eigenvalue weighted by molar-refractivity contribution is 5.77. The summed E-state index contributed by atoms with van der Waals surface area (Å²) in [5.74, 6) is 1.97. The number of nitrogens with zero attached hydrogens (tertiary/aromatic N) is 1. The molecule has 0 bridgehead atoms. The molecule has 1 aromatic rings. The van der Waals surface area contributed by atoms with Gasteiger partial charge in [-0.1, -0.05) is 49.6 Å². The number of hydrogen-bond donors (Lipinski definition) is 1. The van der Waals surface area contributed by atoms with E-state index in [-0.39, 0.29) is 5.91 Å². The summed E-state index contributed by atoms with van der Waals surface area (Å²) in [6.45, 7) is 2.49. The second-order valence-electron chi connectivity index (χ2n) is 7.90. The molecule has 1 N–H and O–H groups in total. The summed E-state index contributed by atoms with van der Waals surface area (Å²) >= 11 is 0. The predicted octanol–water partition coefficient (Wildman–Crippen LogP) is 3.90. The van der Waals surface area contributed by atoms with Crippen molar-refractivity contribution in [2.24, 2.45) is 11.8 Å². The van der Waals surface area contributed by atoms with Crippen molar-refractivity contribution in [2.45, 2.75) is 64.3 Å². The van der Waals surface area contributed by atoms with E-state index >= 15 is 0 Å².